The van der Waals surface area contributed by atoms with Gasteiger partial charge < -0.3 is 14.8 Å². The van der Waals surface area contributed by atoms with Crippen molar-refractivity contribution in [3.63, 3.8) is 0 Å². The third-order valence-electron chi connectivity index (χ3n) is 4.48. The van der Waals surface area contributed by atoms with Gasteiger partial charge in [0.1, 0.15) is 0 Å². The highest BCUT2D eigenvalue weighted by molar-refractivity contribution is 7.92. The summed E-state index contributed by atoms with van der Waals surface area (Å²) in [6, 6.07) is 14.7. The van der Waals surface area contributed by atoms with Crippen molar-refractivity contribution in [3.8, 4) is 11.9 Å². The van der Waals surface area contributed by atoms with Crippen LogP contribution in [-0.2, 0) is 14.8 Å². The lowest BCUT2D eigenvalue weighted by molar-refractivity contribution is -0.115. The number of ether oxygens (including phenoxy) is 2. The number of methoxy groups -OCH3 is 2. The van der Waals surface area contributed by atoms with Crippen LogP contribution in [0.2, 0.25) is 0 Å². The first-order valence-corrected chi connectivity index (χ1v) is 12.0. The number of hydrogen-bond donors (Lipinski definition) is 3. The minimum atomic E-state index is -3.95. The van der Waals surface area contributed by atoms with Crippen molar-refractivity contribution in [1.82, 2.24) is 15.3 Å². The summed E-state index contributed by atoms with van der Waals surface area (Å²) in [5.74, 6) is -0.279. The Kier molecular flexibility index (Phi) is 8.34. The fourth-order valence-corrected chi connectivity index (χ4v) is 3.94. The first kappa shape index (κ1) is 25.6. The minimum Gasteiger partial charge on any atom is -0.481 e. The average Bonchev–Trinajstić information content (AvgIpc) is 2.83. The Balaban J connectivity index is 1.60. The summed E-state index contributed by atoms with van der Waals surface area (Å²) in [7, 11) is -1.21. The number of thiocarbonyl (C=S) groups is 1. The van der Waals surface area contributed by atoms with Crippen molar-refractivity contribution in [2.24, 2.45) is 0 Å². The van der Waals surface area contributed by atoms with E-state index in [4.69, 9.17) is 21.7 Å². The molecule has 1 heterocycles. The zero-order valence-electron chi connectivity index (χ0n) is 19.1. The number of nitrogens with zero attached hydrogens (tertiary/aromatic N) is 2. The Hall–Kier alpha value is -4.03. The number of benzene rings is 2. The van der Waals surface area contributed by atoms with Crippen LogP contribution in [0.1, 0.15) is 11.1 Å². The Morgan fingerprint density at radius 2 is 1.69 bits per heavy atom. The highest BCUT2D eigenvalue weighted by atomic mass is 32.2. The van der Waals surface area contributed by atoms with Crippen LogP contribution in [0.5, 0.6) is 11.9 Å². The first-order chi connectivity index (χ1) is 16.7. The lowest BCUT2D eigenvalue weighted by atomic mass is 10.1. The molecule has 10 nitrogen and oxygen atoms in total. The van der Waals surface area contributed by atoms with Crippen molar-refractivity contribution in [2.45, 2.75) is 11.8 Å². The highest BCUT2D eigenvalue weighted by Gasteiger charge is 2.17. The van der Waals surface area contributed by atoms with Gasteiger partial charge in [-0.2, -0.15) is 9.97 Å². The summed E-state index contributed by atoms with van der Waals surface area (Å²) >= 11 is 5.16. The highest BCUT2D eigenvalue weighted by Crippen LogP contribution is 2.21. The number of rotatable bonds is 8. The summed E-state index contributed by atoms with van der Waals surface area (Å²) in [4.78, 5) is 19.9. The van der Waals surface area contributed by atoms with Gasteiger partial charge in [0, 0.05) is 17.8 Å². The quantitative estimate of drug-likeness (QED) is 0.307. The number of hydrogen-bond acceptors (Lipinski definition) is 8. The van der Waals surface area contributed by atoms with E-state index in [1.165, 1.54) is 50.6 Å². The summed E-state index contributed by atoms with van der Waals surface area (Å²) in [6.45, 7) is 1.98. The van der Waals surface area contributed by atoms with E-state index in [9.17, 15) is 13.2 Å². The number of carbonyl (C=O) groups is 1. The van der Waals surface area contributed by atoms with Crippen LogP contribution in [0.4, 0.5) is 11.5 Å². The van der Waals surface area contributed by atoms with Crippen molar-refractivity contribution in [2.75, 3.05) is 24.3 Å². The SMILES string of the molecule is COc1cc(NS(=O)(=O)c2ccc(NC(=S)NC(=O)C=Cc3ccc(C)cc3)cc2)nc(OC)n1. The van der Waals surface area contributed by atoms with Gasteiger partial charge >= 0.3 is 6.01 Å². The second-order valence-electron chi connectivity index (χ2n) is 7.10. The number of nitrogens with one attached hydrogen (secondary N) is 3. The van der Waals surface area contributed by atoms with E-state index in [0.717, 1.165) is 11.1 Å². The molecule has 3 rings (SSSR count). The molecular formula is C23H23N5O5S2. The lowest BCUT2D eigenvalue weighted by Gasteiger charge is -2.11. The molecule has 0 atom stereocenters. The Bertz CT molecular complexity index is 1320. The summed E-state index contributed by atoms with van der Waals surface area (Å²) < 4.78 is 37.8. The van der Waals surface area contributed by atoms with Gasteiger partial charge in [0.05, 0.1) is 19.1 Å². The predicted octanol–water partition coefficient (Wildman–Crippen LogP) is 3.13. The van der Waals surface area contributed by atoms with Gasteiger partial charge in [0.15, 0.2) is 10.9 Å². The van der Waals surface area contributed by atoms with Crippen molar-refractivity contribution in [3.05, 3.63) is 71.8 Å². The Morgan fingerprint density at radius 3 is 2.31 bits per heavy atom. The van der Waals surface area contributed by atoms with E-state index in [2.05, 4.69) is 25.3 Å². The molecule has 0 saturated heterocycles. The lowest BCUT2D eigenvalue weighted by Crippen LogP contribution is -2.32. The van der Waals surface area contributed by atoms with Crippen molar-refractivity contribution < 1.29 is 22.7 Å². The molecule has 0 fully saturated rings. The van der Waals surface area contributed by atoms with Gasteiger partial charge in [0.2, 0.25) is 11.8 Å². The van der Waals surface area contributed by atoms with Crippen LogP contribution in [0, 0.1) is 6.92 Å². The van der Waals surface area contributed by atoms with Crippen molar-refractivity contribution >= 4 is 50.8 Å². The molecule has 0 aliphatic rings. The molecule has 0 saturated carbocycles. The molecule has 3 N–H and O–H groups in total. The topological polar surface area (TPSA) is 132 Å². The zero-order valence-corrected chi connectivity index (χ0v) is 20.7. The fourth-order valence-electron chi connectivity index (χ4n) is 2.73. The predicted molar refractivity (Wildman–Crippen MR) is 137 cm³/mol. The van der Waals surface area contributed by atoms with Gasteiger partial charge in [0.25, 0.3) is 10.0 Å². The number of anilines is 2. The third kappa shape index (κ3) is 7.48. The Labute approximate surface area is 208 Å². The first-order valence-electron chi connectivity index (χ1n) is 10.1. The molecule has 35 heavy (non-hydrogen) atoms. The second kappa shape index (κ2) is 11.4. The number of aromatic nitrogens is 2. The van der Waals surface area contributed by atoms with E-state index in [1.54, 1.807) is 6.08 Å². The maximum absolute atomic E-state index is 12.7. The molecule has 1 aromatic heterocycles. The molecule has 0 radical (unpaired) electrons. The standard InChI is InChI=1S/C23H23N5O5S2/c1-15-4-6-16(7-5-15)8-13-20(29)26-23(34)24-17-9-11-18(12-10-17)35(30,31)28-19-14-21(32-2)27-22(25-19)33-3/h4-14H,1-3H3,(H,25,27,28)(H2,24,26,29,34). The number of sulfonamides is 1. The van der Waals surface area contributed by atoms with Gasteiger partial charge in [-0.1, -0.05) is 29.8 Å². The summed E-state index contributed by atoms with van der Waals surface area (Å²) in [5, 5.41) is 5.44. The molecule has 0 aliphatic heterocycles. The monoisotopic (exact) mass is 513 g/mol. The minimum absolute atomic E-state index is 0.0153. The maximum Gasteiger partial charge on any atom is 0.321 e. The molecule has 1 amide bonds. The maximum atomic E-state index is 12.7. The number of amides is 1. The van der Waals surface area contributed by atoms with E-state index in [-0.39, 0.29) is 27.7 Å². The molecule has 12 heteroatoms. The number of carbonyl (C=O) groups excluding carboxylic acids is 1. The van der Waals surface area contributed by atoms with Crippen LogP contribution in [0.25, 0.3) is 6.08 Å². The van der Waals surface area contributed by atoms with E-state index >= 15 is 0 Å². The molecule has 0 aliphatic carbocycles. The van der Waals surface area contributed by atoms with Crippen LogP contribution in [0.15, 0.2) is 65.6 Å². The largest absolute Gasteiger partial charge is 0.481 e. The second-order valence-corrected chi connectivity index (χ2v) is 9.19. The average molecular weight is 514 g/mol. The van der Waals surface area contributed by atoms with Gasteiger partial charge in [-0.25, -0.2) is 8.42 Å². The smallest absolute Gasteiger partial charge is 0.321 e. The van der Waals surface area contributed by atoms with Crippen LogP contribution in [-0.4, -0.2) is 43.6 Å². The number of aryl methyl sites for hydroxylation is 1. The fraction of sp³-hybridized carbons (Fsp3) is 0.130. The molecule has 0 spiro atoms. The van der Waals surface area contributed by atoms with E-state index < -0.39 is 15.9 Å². The van der Waals surface area contributed by atoms with Gasteiger partial charge in [-0.3, -0.25) is 14.8 Å². The molecule has 3 aromatic rings. The molecule has 0 bridgehead atoms. The van der Waals surface area contributed by atoms with Crippen molar-refractivity contribution in [1.29, 1.82) is 0 Å². The normalized spacial score (nSPS) is 11.1. The van der Waals surface area contributed by atoms with E-state index in [1.807, 2.05) is 31.2 Å². The molecular weight excluding hydrogens is 490 g/mol. The van der Waals surface area contributed by atoms with E-state index in [0.29, 0.717) is 5.69 Å². The summed E-state index contributed by atoms with van der Waals surface area (Å²) in [5.41, 5.74) is 2.50. The van der Waals surface area contributed by atoms with Crippen LogP contribution in [0.3, 0.4) is 0 Å². The molecule has 2 aromatic carbocycles. The van der Waals surface area contributed by atoms with Crippen LogP contribution < -0.4 is 24.8 Å². The molecule has 182 valence electrons. The summed E-state index contributed by atoms with van der Waals surface area (Å²) in [6.07, 6.45) is 3.05. The van der Waals surface area contributed by atoms with Crippen LogP contribution >= 0.6 is 12.2 Å². The van der Waals surface area contributed by atoms with Gasteiger partial charge in [-0.15, -0.1) is 0 Å². The Morgan fingerprint density at radius 1 is 1.00 bits per heavy atom. The third-order valence-corrected chi connectivity index (χ3v) is 6.05. The zero-order chi connectivity index (χ0) is 25.4. The van der Waals surface area contributed by atoms with Gasteiger partial charge in [-0.05, 0) is 55.0 Å². The molecule has 0 unspecified atom stereocenters.